The van der Waals surface area contributed by atoms with Gasteiger partial charge < -0.3 is 13.9 Å². The van der Waals surface area contributed by atoms with Gasteiger partial charge in [-0.25, -0.2) is 4.98 Å². The number of ether oxygens (including phenoxy) is 2. The van der Waals surface area contributed by atoms with E-state index in [9.17, 15) is 0 Å². The van der Waals surface area contributed by atoms with Crippen LogP contribution in [0.15, 0.2) is 41.1 Å². The molecule has 150 valence electrons. The zero-order chi connectivity index (χ0) is 19.8. The highest BCUT2D eigenvalue weighted by atomic mass is 35.5. The molecule has 0 radical (unpaired) electrons. The van der Waals surface area contributed by atoms with E-state index >= 15 is 0 Å². The standard InChI is InChI=1S/C22H22ClN3O3/c1-14-18(12-26-8-3-2-6-19(26)15-5-4-7-24-11-15)25-22(29-14)16-9-20-21(10-17(16)23)28-13-27-20/h4-5,7,9-11,19H,2-3,6,8,12-13H2,1H3/t19-/m0/s1. The van der Waals surface area contributed by atoms with Crippen molar-refractivity contribution < 1.29 is 13.9 Å². The summed E-state index contributed by atoms with van der Waals surface area (Å²) in [4.78, 5) is 11.6. The van der Waals surface area contributed by atoms with Gasteiger partial charge in [-0.15, -0.1) is 0 Å². The molecule has 0 amide bonds. The summed E-state index contributed by atoms with van der Waals surface area (Å²) in [6.07, 6.45) is 7.33. The van der Waals surface area contributed by atoms with E-state index in [1.807, 2.05) is 31.5 Å². The third kappa shape index (κ3) is 3.58. The Kier molecular flexibility index (Phi) is 4.89. The number of nitrogens with zero attached hydrogens (tertiary/aromatic N) is 3. The van der Waals surface area contributed by atoms with E-state index in [-0.39, 0.29) is 6.79 Å². The van der Waals surface area contributed by atoms with Gasteiger partial charge in [-0.3, -0.25) is 9.88 Å². The molecule has 1 aromatic carbocycles. The molecule has 0 N–H and O–H groups in total. The van der Waals surface area contributed by atoms with Crippen molar-refractivity contribution in [2.24, 2.45) is 0 Å². The van der Waals surface area contributed by atoms with E-state index in [2.05, 4.69) is 16.0 Å². The number of hydrogen-bond acceptors (Lipinski definition) is 6. The first-order valence-corrected chi connectivity index (χ1v) is 10.3. The number of hydrogen-bond donors (Lipinski definition) is 0. The number of piperidine rings is 1. The zero-order valence-corrected chi connectivity index (χ0v) is 17.0. The second kappa shape index (κ2) is 7.69. The first-order valence-electron chi connectivity index (χ1n) is 9.89. The van der Waals surface area contributed by atoms with Crippen LogP contribution in [-0.2, 0) is 6.54 Å². The summed E-state index contributed by atoms with van der Waals surface area (Å²) in [5, 5.41) is 0.535. The lowest BCUT2D eigenvalue weighted by Gasteiger charge is -2.35. The molecule has 3 aromatic rings. The van der Waals surface area contributed by atoms with Crippen molar-refractivity contribution in [3.05, 3.63) is 58.7 Å². The highest BCUT2D eigenvalue weighted by Gasteiger charge is 2.27. The van der Waals surface area contributed by atoms with Crippen molar-refractivity contribution in [3.63, 3.8) is 0 Å². The molecule has 0 bridgehead atoms. The zero-order valence-electron chi connectivity index (χ0n) is 16.2. The smallest absolute Gasteiger partial charge is 0.231 e. The second-order valence-corrected chi connectivity index (χ2v) is 7.88. The molecule has 2 aromatic heterocycles. The molecule has 0 unspecified atom stereocenters. The van der Waals surface area contributed by atoms with Crippen molar-refractivity contribution in [2.45, 2.75) is 38.8 Å². The Morgan fingerprint density at radius 3 is 2.90 bits per heavy atom. The molecule has 4 heterocycles. The van der Waals surface area contributed by atoms with Crippen LogP contribution >= 0.6 is 11.6 Å². The number of aryl methyl sites for hydroxylation is 1. The summed E-state index contributed by atoms with van der Waals surface area (Å²) in [5.41, 5.74) is 2.91. The number of aromatic nitrogens is 2. The summed E-state index contributed by atoms with van der Waals surface area (Å²) in [5.74, 6) is 2.63. The molecule has 2 aliphatic rings. The van der Waals surface area contributed by atoms with E-state index < -0.39 is 0 Å². The molecule has 1 fully saturated rings. The van der Waals surface area contributed by atoms with Gasteiger partial charge in [0.15, 0.2) is 11.5 Å². The van der Waals surface area contributed by atoms with Gasteiger partial charge in [0.2, 0.25) is 12.7 Å². The molecule has 0 aliphatic carbocycles. The average molecular weight is 412 g/mol. The minimum Gasteiger partial charge on any atom is -0.454 e. The number of fused-ring (bicyclic) bond motifs is 1. The van der Waals surface area contributed by atoms with Gasteiger partial charge in [0, 0.05) is 31.0 Å². The summed E-state index contributed by atoms with van der Waals surface area (Å²) >= 11 is 6.45. The van der Waals surface area contributed by atoms with E-state index in [1.54, 1.807) is 6.07 Å². The maximum atomic E-state index is 6.45. The molecule has 1 atom stereocenters. The predicted molar refractivity (Wildman–Crippen MR) is 109 cm³/mol. The van der Waals surface area contributed by atoms with E-state index in [1.165, 1.54) is 18.4 Å². The molecule has 29 heavy (non-hydrogen) atoms. The van der Waals surface area contributed by atoms with Gasteiger partial charge in [0.05, 0.1) is 16.3 Å². The van der Waals surface area contributed by atoms with Crippen LogP contribution in [0.4, 0.5) is 0 Å². The Labute approximate surface area is 174 Å². The molecule has 2 aliphatic heterocycles. The van der Waals surface area contributed by atoms with Crippen LogP contribution in [0.25, 0.3) is 11.5 Å². The van der Waals surface area contributed by atoms with Crippen LogP contribution in [0.1, 0.15) is 42.3 Å². The summed E-state index contributed by atoms with van der Waals surface area (Å²) in [7, 11) is 0. The summed E-state index contributed by atoms with van der Waals surface area (Å²) in [6.45, 7) is 3.93. The summed E-state index contributed by atoms with van der Waals surface area (Å²) in [6, 6.07) is 8.10. The maximum Gasteiger partial charge on any atom is 0.231 e. The quantitative estimate of drug-likeness (QED) is 0.591. The number of likely N-dealkylation sites (tertiary alicyclic amines) is 1. The third-order valence-electron chi connectivity index (χ3n) is 5.62. The lowest BCUT2D eigenvalue weighted by molar-refractivity contribution is 0.138. The normalized spacial score (nSPS) is 18.9. The molecule has 0 saturated carbocycles. The number of halogens is 1. The van der Waals surface area contributed by atoms with Gasteiger partial charge in [0.1, 0.15) is 5.76 Å². The first-order chi connectivity index (χ1) is 14.2. The monoisotopic (exact) mass is 411 g/mol. The Bertz CT molecular complexity index is 1020. The SMILES string of the molecule is Cc1oc(-c2cc3c(cc2Cl)OCO3)nc1CN1CCCC[C@H]1c1cccnc1. The van der Waals surface area contributed by atoms with Gasteiger partial charge in [-0.1, -0.05) is 24.1 Å². The van der Waals surface area contributed by atoms with Crippen LogP contribution in [0, 0.1) is 6.92 Å². The van der Waals surface area contributed by atoms with Gasteiger partial charge >= 0.3 is 0 Å². The van der Waals surface area contributed by atoms with E-state index in [0.717, 1.165) is 31.0 Å². The predicted octanol–water partition coefficient (Wildman–Crippen LogP) is 5.15. The van der Waals surface area contributed by atoms with Crippen LogP contribution in [0.2, 0.25) is 5.02 Å². The lowest BCUT2D eigenvalue weighted by Crippen LogP contribution is -2.33. The lowest BCUT2D eigenvalue weighted by atomic mass is 9.96. The molecular formula is C22H22ClN3O3. The molecule has 0 spiro atoms. The van der Waals surface area contributed by atoms with Crippen LogP contribution in [0.3, 0.4) is 0 Å². The number of oxazole rings is 1. The summed E-state index contributed by atoms with van der Waals surface area (Å²) < 4.78 is 16.8. The number of rotatable bonds is 4. The fourth-order valence-electron chi connectivity index (χ4n) is 4.09. The Morgan fingerprint density at radius 2 is 2.07 bits per heavy atom. The topological polar surface area (TPSA) is 60.6 Å². The van der Waals surface area contributed by atoms with Crippen molar-refractivity contribution in [3.8, 4) is 23.0 Å². The number of benzene rings is 1. The van der Waals surface area contributed by atoms with E-state index in [4.69, 9.17) is 30.5 Å². The second-order valence-electron chi connectivity index (χ2n) is 7.48. The maximum absolute atomic E-state index is 6.45. The van der Waals surface area contributed by atoms with Crippen molar-refractivity contribution in [1.29, 1.82) is 0 Å². The molecule has 6 nitrogen and oxygen atoms in total. The third-order valence-corrected chi connectivity index (χ3v) is 5.93. The fourth-order valence-corrected chi connectivity index (χ4v) is 4.33. The molecule has 1 saturated heterocycles. The van der Waals surface area contributed by atoms with Gasteiger partial charge in [-0.2, -0.15) is 0 Å². The van der Waals surface area contributed by atoms with Crippen molar-refractivity contribution in [1.82, 2.24) is 14.9 Å². The average Bonchev–Trinajstić information content (AvgIpc) is 3.34. The Hall–Kier alpha value is -2.57. The highest BCUT2D eigenvalue weighted by molar-refractivity contribution is 6.33. The largest absolute Gasteiger partial charge is 0.454 e. The minimum absolute atomic E-state index is 0.204. The number of pyridine rings is 1. The van der Waals surface area contributed by atoms with Crippen LogP contribution in [-0.4, -0.2) is 28.2 Å². The first kappa shape index (κ1) is 18.5. The van der Waals surface area contributed by atoms with E-state index in [0.29, 0.717) is 34.0 Å². The van der Waals surface area contributed by atoms with Crippen molar-refractivity contribution in [2.75, 3.05) is 13.3 Å². The fraction of sp³-hybridized carbons (Fsp3) is 0.364. The minimum atomic E-state index is 0.204. The Balaban J connectivity index is 1.42. The van der Waals surface area contributed by atoms with Crippen LogP contribution in [0.5, 0.6) is 11.5 Å². The van der Waals surface area contributed by atoms with Gasteiger partial charge in [-0.05, 0) is 44.0 Å². The molecular weight excluding hydrogens is 390 g/mol. The van der Waals surface area contributed by atoms with Crippen molar-refractivity contribution >= 4 is 11.6 Å². The Morgan fingerprint density at radius 1 is 1.21 bits per heavy atom. The van der Waals surface area contributed by atoms with Gasteiger partial charge in [0.25, 0.3) is 0 Å². The highest BCUT2D eigenvalue weighted by Crippen LogP contribution is 2.41. The molecule has 5 rings (SSSR count). The molecule has 7 heteroatoms. The van der Waals surface area contributed by atoms with Crippen LogP contribution < -0.4 is 9.47 Å².